The lowest BCUT2D eigenvalue weighted by molar-refractivity contribution is -0.181. The summed E-state index contributed by atoms with van der Waals surface area (Å²) in [7, 11) is 0. The van der Waals surface area contributed by atoms with Crippen LogP contribution in [0.5, 0.6) is 11.5 Å². The molecule has 0 radical (unpaired) electrons. The maximum atomic E-state index is 14.7. The number of aromatic amines is 1. The topological polar surface area (TPSA) is 119 Å². The van der Waals surface area contributed by atoms with Crippen LogP contribution in [0.4, 0.5) is 4.39 Å². The molecule has 1 saturated heterocycles. The zero-order chi connectivity index (χ0) is 28.8. The van der Waals surface area contributed by atoms with Crippen molar-refractivity contribution in [3.8, 4) is 22.9 Å². The first-order valence-corrected chi connectivity index (χ1v) is 13.8. The van der Waals surface area contributed by atoms with Gasteiger partial charge in [0.1, 0.15) is 30.0 Å². The van der Waals surface area contributed by atoms with E-state index in [1.54, 1.807) is 24.3 Å². The smallest absolute Gasteiger partial charge is 0.207 e. The molecule has 5 rings (SSSR count). The van der Waals surface area contributed by atoms with Crippen molar-refractivity contribution in [1.29, 1.82) is 0 Å². The van der Waals surface area contributed by atoms with Gasteiger partial charge >= 0.3 is 0 Å². The summed E-state index contributed by atoms with van der Waals surface area (Å²) in [5.41, 5.74) is 3.65. The molecule has 0 bridgehead atoms. The van der Waals surface area contributed by atoms with Crippen molar-refractivity contribution in [3.63, 3.8) is 0 Å². The first-order chi connectivity index (χ1) is 19.9. The molecule has 0 saturated carbocycles. The summed E-state index contributed by atoms with van der Waals surface area (Å²) >= 11 is 0. The molecular weight excluding hydrogens is 527 g/mol. The van der Waals surface area contributed by atoms with Gasteiger partial charge in [-0.2, -0.15) is 5.21 Å². The number of ether oxygens (including phenoxy) is 3. The number of carbonyl (C=O) groups excluding carboxylic acids is 1. The standard InChI is InChI=1S/C31H33FN4O5/c1-3-6-24-27(15-13-23(19(2)37)29(24)38)40-18-20-8-10-21(11-9-20)30(41-28-7-4-5-16-39-28)22-12-14-26(32)25(17-22)31-33-35-36-34-31/h8-15,17,28,30,38H,3-7,16,18H2,1-2H3,(H,33,34,35,36). The van der Waals surface area contributed by atoms with Crippen molar-refractivity contribution >= 4 is 5.78 Å². The molecule has 1 aliphatic heterocycles. The maximum Gasteiger partial charge on any atom is 0.207 e. The highest BCUT2D eigenvalue weighted by molar-refractivity contribution is 5.97. The number of benzene rings is 3. The number of nitrogens with zero attached hydrogens (tertiary/aromatic N) is 3. The van der Waals surface area contributed by atoms with E-state index >= 15 is 0 Å². The quantitative estimate of drug-likeness (QED) is 0.212. The van der Waals surface area contributed by atoms with Crippen LogP contribution in [-0.4, -0.2) is 44.4 Å². The predicted octanol–water partition coefficient (Wildman–Crippen LogP) is 6.08. The van der Waals surface area contributed by atoms with Gasteiger partial charge in [-0.15, -0.1) is 10.2 Å². The fraction of sp³-hybridized carbons (Fsp3) is 0.355. The Morgan fingerprint density at radius 2 is 1.95 bits per heavy atom. The number of rotatable bonds is 11. The molecule has 0 spiro atoms. The van der Waals surface area contributed by atoms with Crippen LogP contribution < -0.4 is 4.74 Å². The van der Waals surface area contributed by atoms with Crippen LogP contribution in [-0.2, 0) is 22.5 Å². The molecule has 4 aromatic rings. The van der Waals surface area contributed by atoms with Gasteiger partial charge in [-0.05, 0) is 78.8 Å². The molecule has 9 nitrogen and oxygen atoms in total. The fourth-order valence-corrected chi connectivity index (χ4v) is 4.95. The molecule has 3 aromatic carbocycles. The third-order valence-electron chi connectivity index (χ3n) is 7.10. The lowest BCUT2D eigenvalue weighted by Crippen LogP contribution is -2.25. The predicted molar refractivity (Wildman–Crippen MR) is 149 cm³/mol. The van der Waals surface area contributed by atoms with Crippen LogP contribution in [0.2, 0.25) is 0 Å². The number of aromatic nitrogens is 4. The molecule has 2 heterocycles. The number of halogens is 1. The number of ketones is 1. The molecule has 2 N–H and O–H groups in total. The number of hydrogen-bond acceptors (Lipinski definition) is 8. The van der Waals surface area contributed by atoms with Crippen LogP contribution in [0.25, 0.3) is 11.4 Å². The van der Waals surface area contributed by atoms with E-state index in [2.05, 4.69) is 20.6 Å². The van der Waals surface area contributed by atoms with Crippen molar-refractivity contribution in [2.45, 2.75) is 65.0 Å². The largest absolute Gasteiger partial charge is 0.507 e. The van der Waals surface area contributed by atoms with E-state index in [1.807, 2.05) is 31.2 Å². The lowest BCUT2D eigenvalue weighted by atomic mass is 9.98. The number of phenols is 1. The third-order valence-corrected chi connectivity index (χ3v) is 7.10. The van der Waals surface area contributed by atoms with E-state index in [0.29, 0.717) is 29.9 Å². The van der Waals surface area contributed by atoms with Gasteiger partial charge in [0.25, 0.3) is 0 Å². The number of phenolic OH excluding ortho intramolecular Hbond substituents is 1. The van der Waals surface area contributed by atoms with Gasteiger partial charge in [0.2, 0.25) is 5.82 Å². The van der Waals surface area contributed by atoms with Crippen LogP contribution >= 0.6 is 0 Å². The van der Waals surface area contributed by atoms with E-state index < -0.39 is 11.9 Å². The highest BCUT2D eigenvalue weighted by atomic mass is 19.1. The Bertz CT molecular complexity index is 1470. The number of tetrazole rings is 1. The second kappa shape index (κ2) is 13.0. The Kier molecular flexibility index (Phi) is 9.01. The average Bonchev–Trinajstić information content (AvgIpc) is 3.52. The molecule has 214 valence electrons. The Morgan fingerprint density at radius 3 is 2.63 bits per heavy atom. The number of aromatic hydroxyl groups is 1. The Morgan fingerprint density at radius 1 is 1.15 bits per heavy atom. The van der Waals surface area contributed by atoms with E-state index in [1.165, 1.54) is 13.0 Å². The summed E-state index contributed by atoms with van der Waals surface area (Å²) < 4.78 is 33.0. The van der Waals surface area contributed by atoms with Gasteiger partial charge in [-0.25, -0.2) is 4.39 Å². The summed E-state index contributed by atoms with van der Waals surface area (Å²) in [6.07, 6.45) is 3.26. The van der Waals surface area contributed by atoms with Gasteiger partial charge in [0.15, 0.2) is 12.1 Å². The highest BCUT2D eigenvalue weighted by Gasteiger charge is 2.25. The molecule has 2 atom stereocenters. The maximum absolute atomic E-state index is 14.7. The van der Waals surface area contributed by atoms with Crippen molar-refractivity contribution < 1.29 is 28.5 Å². The number of Topliss-reactive ketones (excluding diaryl/α,β-unsaturated/α-hetero) is 1. The summed E-state index contributed by atoms with van der Waals surface area (Å²) in [5.74, 6) is 0.0448. The van der Waals surface area contributed by atoms with E-state index in [-0.39, 0.29) is 35.8 Å². The zero-order valence-electron chi connectivity index (χ0n) is 23.1. The molecule has 2 unspecified atom stereocenters. The number of nitrogens with one attached hydrogen (secondary N) is 1. The minimum absolute atomic E-state index is 0.0170. The molecular formula is C31H33FN4O5. The van der Waals surface area contributed by atoms with E-state index in [0.717, 1.165) is 42.4 Å². The van der Waals surface area contributed by atoms with Crippen molar-refractivity contribution in [3.05, 3.63) is 88.2 Å². The zero-order valence-corrected chi connectivity index (χ0v) is 23.1. The summed E-state index contributed by atoms with van der Waals surface area (Å²) in [4.78, 5) is 11.9. The molecule has 0 amide bonds. The number of hydrogen-bond donors (Lipinski definition) is 2. The van der Waals surface area contributed by atoms with E-state index in [4.69, 9.17) is 14.2 Å². The SMILES string of the molecule is CCCc1c(OCc2ccc(C(OC3CCCCO3)c3ccc(F)c(-c4nn[nH]n4)c3)cc2)ccc(C(C)=O)c1O. The fourth-order valence-electron chi connectivity index (χ4n) is 4.95. The molecule has 1 fully saturated rings. The second-order valence-corrected chi connectivity index (χ2v) is 10.1. The number of carbonyl (C=O) groups is 1. The minimum Gasteiger partial charge on any atom is -0.507 e. The summed E-state index contributed by atoms with van der Waals surface area (Å²) in [6, 6.07) is 15.9. The third kappa shape index (κ3) is 6.61. The number of H-pyrrole nitrogens is 1. The first-order valence-electron chi connectivity index (χ1n) is 13.8. The monoisotopic (exact) mass is 560 g/mol. The van der Waals surface area contributed by atoms with Crippen molar-refractivity contribution in [1.82, 2.24) is 20.6 Å². The minimum atomic E-state index is -0.522. The average molecular weight is 561 g/mol. The molecule has 0 aliphatic carbocycles. The Labute approximate surface area is 237 Å². The molecule has 41 heavy (non-hydrogen) atoms. The normalized spacial score (nSPS) is 15.9. The molecule has 1 aromatic heterocycles. The van der Waals surface area contributed by atoms with Crippen molar-refractivity contribution in [2.75, 3.05) is 6.61 Å². The van der Waals surface area contributed by atoms with Gasteiger partial charge in [0, 0.05) is 12.2 Å². The molecule has 1 aliphatic rings. The van der Waals surface area contributed by atoms with Gasteiger partial charge < -0.3 is 19.3 Å². The van der Waals surface area contributed by atoms with Crippen molar-refractivity contribution in [2.24, 2.45) is 0 Å². The Hall–Kier alpha value is -4.15. The van der Waals surface area contributed by atoms with E-state index in [9.17, 15) is 14.3 Å². The summed E-state index contributed by atoms with van der Waals surface area (Å²) in [5, 5.41) is 24.4. The van der Waals surface area contributed by atoms with Gasteiger partial charge in [-0.3, -0.25) is 4.79 Å². The lowest BCUT2D eigenvalue weighted by Gasteiger charge is -2.28. The second-order valence-electron chi connectivity index (χ2n) is 10.1. The van der Waals surface area contributed by atoms with Crippen LogP contribution in [0, 0.1) is 5.82 Å². The molecule has 10 heteroatoms. The van der Waals surface area contributed by atoms with Crippen LogP contribution in [0.15, 0.2) is 54.6 Å². The van der Waals surface area contributed by atoms with Crippen LogP contribution in [0.1, 0.15) is 78.2 Å². The van der Waals surface area contributed by atoms with Crippen LogP contribution in [0.3, 0.4) is 0 Å². The highest BCUT2D eigenvalue weighted by Crippen LogP contribution is 2.35. The van der Waals surface area contributed by atoms with Gasteiger partial charge in [0.05, 0.1) is 11.1 Å². The summed E-state index contributed by atoms with van der Waals surface area (Å²) in [6.45, 7) is 4.34. The van der Waals surface area contributed by atoms with Gasteiger partial charge in [-0.1, -0.05) is 43.7 Å². The Balaban J connectivity index is 1.38. The first kappa shape index (κ1) is 28.4.